The molecule has 0 radical (unpaired) electrons. The summed E-state index contributed by atoms with van der Waals surface area (Å²) in [5.74, 6) is 1.68. The van der Waals surface area contributed by atoms with Crippen LogP contribution in [-0.4, -0.2) is 22.9 Å². The van der Waals surface area contributed by atoms with Crippen molar-refractivity contribution in [2.24, 2.45) is 0 Å². The van der Waals surface area contributed by atoms with Crippen LogP contribution >= 0.6 is 0 Å². The van der Waals surface area contributed by atoms with Crippen LogP contribution in [0, 0.1) is 0 Å². The van der Waals surface area contributed by atoms with Crippen LogP contribution in [0.15, 0.2) is 66.9 Å². The lowest BCUT2D eigenvalue weighted by Crippen LogP contribution is -2.13. The maximum atomic E-state index is 5.82. The molecule has 0 saturated carbocycles. The van der Waals surface area contributed by atoms with Gasteiger partial charge in [-0.05, 0) is 55.4 Å². The van der Waals surface area contributed by atoms with E-state index in [1.807, 2.05) is 42.5 Å². The van der Waals surface area contributed by atoms with Crippen LogP contribution < -0.4 is 10.1 Å². The van der Waals surface area contributed by atoms with E-state index in [2.05, 4.69) is 34.4 Å². The van der Waals surface area contributed by atoms with Crippen LogP contribution in [0.2, 0.25) is 0 Å². The summed E-state index contributed by atoms with van der Waals surface area (Å²) < 4.78 is 7.89. The molecule has 1 atom stereocenters. The molecule has 3 aromatic rings. The number of hydrogen-bond acceptors (Lipinski definition) is 3. The molecule has 1 aliphatic rings. The Labute approximate surface area is 135 Å². The average Bonchev–Trinajstić information content (AvgIpc) is 3.28. The van der Waals surface area contributed by atoms with Crippen LogP contribution in [0.25, 0.3) is 11.3 Å². The summed E-state index contributed by atoms with van der Waals surface area (Å²) in [5, 5.41) is 8.09. The number of rotatable bonds is 4. The number of benzene rings is 2. The van der Waals surface area contributed by atoms with E-state index in [-0.39, 0.29) is 0 Å². The molecule has 1 aromatic heterocycles. The van der Waals surface area contributed by atoms with E-state index in [1.54, 1.807) is 0 Å². The highest BCUT2D eigenvalue weighted by molar-refractivity contribution is 5.59. The molecule has 0 spiro atoms. The van der Waals surface area contributed by atoms with Gasteiger partial charge in [0.1, 0.15) is 11.5 Å². The second-order valence-electron chi connectivity index (χ2n) is 5.77. The van der Waals surface area contributed by atoms with Crippen molar-refractivity contribution in [2.45, 2.75) is 12.5 Å². The van der Waals surface area contributed by atoms with Crippen LogP contribution in [-0.2, 0) is 0 Å². The Hall–Kier alpha value is -2.59. The Bertz CT molecular complexity index is 759. The molecule has 23 heavy (non-hydrogen) atoms. The lowest BCUT2D eigenvalue weighted by molar-refractivity contribution is 0.482. The smallest absolute Gasteiger partial charge is 0.127 e. The van der Waals surface area contributed by atoms with Crippen LogP contribution in [0.5, 0.6) is 11.5 Å². The van der Waals surface area contributed by atoms with Crippen LogP contribution in [0.4, 0.5) is 0 Å². The van der Waals surface area contributed by atoms with Gasteiger partial charge in [-0.25, -0.2) is 0 Å². The SMILES string of the molecule is c1ccc(Oc2ccc(-c3ccn([C@@H]4CCNC4)n3)cc2)cc1. The van der Waals surface area contributed by atoms with Crippen LogP contribution in [0.1, 0.15) is 12.5 Å². The normalized spacial score (nSPS) is 17.3. The molecule has 4 rings (SSSR count). The van der Waals surface area contributed by atoms with E-state index in [0.717, 1.165) is 42.3 Å². The van der Waals surface area contributed by atoms with Crippen molar-refractivity contribution in [3.05, 3.63) is 66.9 Å². The monoisotopic (exact) mass is 305 g/mol. The lowest BCUT2D eigenvalue weighted by Gasteiger charge is -2.08. The molecule has 0 unspecified atom stereocenters. The van der Waals surface area contributed by atoms with E-state index in [1.165, 1.54) is 0 Å². The van der Waals surface area contributed by atoms with E-state index in [4.69, 9.17) is 9.84 Å². The van der Waals surface area contributed by atoms with Crippen molar-refractivity contribution in [3.8, 4) is 22.8 Å². The number of ether oxygens (including phenoxy) is 1. The number of nitrogens with zero attached hydrogens (tertiary/aromatic N) is 2. The molecule has 2 heterocycles. The Balaban J connectivity index is 1.49. The highest BCUT2D eigenvalue weighted by atomic mass is 16.5. The van der Waals surface area contributed by atoms with Gasteiger partial charge in [0.15, 0.2) is 0 Å². The van der Waals surface area contributed by atoms with Crippen molar-refractivity contribution in [2.75, 3.05) is 13.1 Å². The fourth-order valence-corrected chi connectivity index (χ4v) is 2.88. The highest BCUT2D eigenvalue weighted by Gasteiger charge is 2.17. The van der Waals surface area contributed by atoms with Gasteiger partial charge < -0.3 is 10.1 Å². The van der Waals surface area contributed by atoms with Gasteiger partial charge in [0, 0.05) is 18.3 Å². The number of aromatic nitrogens is 2. The first kappa shape index (κ1) is 14.0. The van der Waals surface area contributed by atoms with Gasteiger partial charge in [-0.1, -0.05) is 18.2 Å². The zero-order valence-electron chi connectivity index (χ0n) is 12.9. The molecule has 1 fully saturated rings. The van der Waals surface area contributed by atoms with Crippen LogP contribution in [0.3, 0.4) is 0 Å². The second kappa shape index (κ2) is 6.26. The first-order chi connectivity index (χ1) is 11.4. The summed E-state index contributed by atoms with van der Waals surface area (Å²) in [6.45, 7) is 2.08. The molecule has 116 valence electrons. The molecule has 2 aromatic carbocycles. The Morgan fingerprint density at radius 3 is 2.48 bits per heavy atom. The fourth-order valence-electron chi connectivity index (χ4n) is 2.88. The van der Waals surface area contributed by atoms with E-state index < -0.39 is 0 Å². The summed E-state index contributed by atoms with van der Waals surface area (Å²) >= 11 is 0. The highest BCUT2D eigenvalue weighted by Crippen LogP contribution is 2.25. The first-order valence-corrected chi connectivity index (χ1v) is 7.98. The zero-order chi connectivity index (χ0) is 15.5. The average molecular weight is 305 g/mol. The summed E-state index contributed by atoms with van der Waals surface area (Å²) in [5.41, 5.74) is 2.11. The van der Waals surface area contributed by atoms with Gasteiger partial charge in [-0.15, -0.1) is 0 Å². The summed E-state index contributed by atoms with van der Waals surface area (Å²) in [6, 6.07) is 20.4. The van der Waals surface area contributed by atoms with E-state index in [0.29, 0.717) is 6.04 Å². The minimum atomic E-state index is 0.476. The summed E-state index contributed by atoms with van der Waals surface area (Å²) in [7, 11) is 0. The van der Waals surface area contributed by atoms with Gasteiger partial charge in [-0.3, -0.25) is 4.68 Å². The van der Waals surface area contributed by atoms with Gasteiger partial charge in [-0.2, -0.15) is 5.10 Å². The topological polar surface area (TPSA) is 39.1 Å². The molecule has 0 amide bonds. The van der Waals surface area contributed by atoms with E-state index in [9.17, 15) is 0 Å². The first-order valence-electron chi connectivity index (χ1n) is 7.98. The minimum Gasteiger partial charge on any atom is -0.457 e. The third kappa shape index (κ3) is 3.12. The molecule has 1 aliphatic heterocycles. The Kier molecular flexibility index (Phi) is 3.82. The van der Waals surface area contributed by atoms with Gasteiger partial charge in [0.2, 0.25) is 0 Å². The molecule has 1 N–H and O–H groups in total. The minimum absolute atomic E-state index is 0.476. The molecule has 0 aliphatic carbocycles. The largest absolute Gasteiger partial charge is 0.457 e. The van der Waals surface area contributed by atoms with E-state index >= 15 is 0 Å². The number of para-hydroxylation sites is 1. The quantitative estimate of drug-likeness (QED) is 0.795. The maximum absolute atomic E-state index is 5.82. The number of hydrogen-bond donors (Lipinski definition) is 1. The van der Waals surface area contributed by atoms with Crippen molar-refractivity contribution in [1.29, 1.82) is 0 Å². The second-order valence-corrected chi connectivity index (χ2v) is 5.77. The third-order valence-electron chi connectivity index (χ3n) is 4.15. The molecular weight excluding hydrogens is 286 g/mol. The molecule has 0 bridgehead atoms. The van der Waals surface area contributed by atoms with Gasteiger partial charge in [0.05, 0.1) is 11.7 Å². The van der Waals surface area contributed by atoms with Crippen molar-refractivity contribution in [3.63, 3.8) is 0 Å². The molecule has 4 heteroatoms. The molecular formula is C19H19N3O. The Morgan fingerprint density at radius 2 is 1.74 bits per heavy atom. The molecule has 4 nitrogen and oxygen atoms in total. The van der Waals surface area contributed by atoms with Crippen molar-refractivity contribution < 1.29 is 4.74 Å². The Morgan fingerprint density at radius 1 is 0.957 bits per heavy atom. The predicted octanol–water partition coefficient (Wildman–Crippen LogP) is 3.88. The van der Waals surface area contributed by atoms with Gasteiger partial charge >= 0.3 is 0 Å². The summed E-state index contributed by atoms with van der Waals surface area (Å²) in [4.78, 5) is 0. The van der Waals surface area contributed by atoms with Crippen molar-refractivity contribution >= 4 is 0 Å². The lowest BCUT2D eigenvalue weighted by atomic mass is 10.1. The predicted molar refractivity (Wildman–Crippen MR) is 90.7 cm³/mol. The summed E-state index contributed by atoms with van der Waals surface area (Å²) in [6.07, 6.45) is 3.21. The molecule has 1 saturated heterocycles. The van der Waals surface area contributed by atoms with Crippen molar-refractivity contribution in [1.82, 2.24) is 15.1 Å². The standard InChI is InChI=1S/C19H19N3O/c1-2-4-17(5-3-1)23-18-8-6-15(7-9-18)19-11-13-22(21-19)16-10-12-20-14-16/h1-9,11,13,16,20H,10,12,14H2/t16-/m1/s1. The maximum Gasteiger partial charge on any atom is 0.127 e. The fraction of sp³-hybridized carbons (Fsp3) is 0.211. The zero-order valence-corrected chi connectivity index (χ0v) is 12.9. The number of nitrogens with one attached hydrogen (secondary N) is 1. The van der Waals surface area contributed by atoms with Gasteiger partial charge in [0.25, 0.3) is 0 Å². The third-order valence-corrected chi connectivity index (χ3v) is 4.15.